The fourth-order valence-electron chi connectivity index (χ4n) is 1.74. The van der Waals surface area contributed by atoms with Gasteiger partial charge in [-0.2, -0.15) is 4.99 Å². The van der Waals surface area contributed by atoms with Gasteiger partial charge in [0.25, 0.3) is 5.72 Å². The van der Waals surface area contributed by atoms with Crippen molar-refractivity contribution in [2.45, 2.75) is 19.1 Å². The summed E-state index contributed by atoms with van der Waals surface area (Å²) < 4.78 is 5.64. The van der Waals surface area contributed by atoms with Crippen LogP contribution in [0.4, 0.5) is 0 Å². The summed E-state index contributed by atoms with van der Waals surface area (Å²) in [5, 5.41) is 2.92. The highest BCUT2D eigenvalue weighted by Gasteiger charge is 2.46. The Hall–Kier alpha value is -1.68. The molecule has 4 nitrogen and oxygen atoms in total. The maximum Gasteiger partial charge on any atom is 0.313 e. The molecule has 0 radical (unpaired) electrons. The highest BCUT2D eigenvalue weighted by molar-refractivity contribution is 6.02. The minimum absolute atomic E-state index is 0.293. The molecule has 4 heteroatoms. The molecule has 1 heterocycles. The molecule has 84 valence electrons. The van der Waals surface area contributed by atoms with Gasteiger partial charge in [0.15, 0.2) is 5.90 Å². The molecule has 1 aromatic rings. The number of benzene rings is 1. The van der Waals surface area contributed by atoms with E-state index in [1.807, 2.05) is 37.3 Å². The monoisotopic (exact) mass is 218 g/mol. The third kappa shape index (κ3) is 1.51. The molecule has 1 atom stereocenters. The number of carbonyl (C=O) groups excluding carboxylic acids is 1. The van der Waals surface area contributed by atoms with Gasteiger partial charge in [0.1, 0.15) is 0 Å². The molecule has 1 aromatic carbocycles. The molecule has 0 fully saturated rings. The molecule has 0 aromatic heterocycles. The Morgan fingerprint density at radius 1 is 1.38 bits per heavy atom. The highest BCUT2D eigenvalue weighted by Crippen LogP contribution is 2.29. The zero-order valence-corrected chi connectivity index (χ0v) is 9.36. The molecule has 1 aliphatic heterocycles. The van der Waals surface area contributed by atoms with Gasteiger partial charge in [-0.25, -0.2) is 0 Å². The second kappa shape index (κ2) is 4.06. The Bertz CT molecular complexity index is 428. The maximum absolute atomic E-state index is 11.9. The summed E-state index contributed by atoms with van der Waals surface area (Å²) in [4.78, 5) is 15.8. The quantitative estimate of drug-likeness (QED) is 0.834. The first-order valence-electron chi connectivity index (χ1n) is 5.28. The fraction of sp³-hybridized carbons (Fsp3) is 0.333. The van der Waals surface area contributed by atoms with Gasteiger partial charge in [-0.05, 0) is 7.05 Å². The Labute approximate surface area is 94.3 Å². The van der Waals surface area contributed by atoms with E-state index in [0.717, 1.165) is 5.56 Å². The SMILES string of the molecule is CCC1=NC(=O)C(NC)(c2ccccc2)O1. The van der Waals surface area contributed by atoms with Crippen LogP contribution in [0, 0.1) is 0 Å². The van der Waals surface area contributed by atoms with Gasteiger partial charge in [-0.1, -0.05) is 37.3 Å². The van der Waals surface area contributed by atoms with Gasteiger partial charge in [0, 0.05) is 12.0 Å². The summed E-state index contributed by atoms with van der Waals surface area (Å²) in [6.07, 6.45) is 0.613. The zero-order valence-electron chi connectivity index (χ0n) is 9.36. The summed E-state index contributed by atoms with van der Waals surface area (Å²) in [5.74, 6) is 0.182. The van der Waals surface area contributed by atoms with E-state index in [-0.39, 0.29) is 5.91 Å². The van der Waals surface area contributed by atoms with Gasteiger partial charge in [0.2, 0.25) is 0 Å². The Morgan fingerprint density at radius 3 is 2.56 bits per heavy atom. The van der Waals surface area contributed by atoms with E-state index in [9.17, 15) is 4.79 Å². The number of nitrogens with one attached hydrogen (secondary N) is 1. The Balaban J connectivity index is 2.41. The molecule has 0 bridgehead atoms. The second-order valence-electron chi connectivity index (χ2n) is 3.56. The molecule has 16 heavy (non-hydrogen) atoms. The minimum atomic E-state index is -1.13. The van der Waals surface area contributed by atoms with Gasteiger partial charge in [-0.15, -0.1) is 0 Å². The van der Waals surface area contributed by atoms with Crippen molar-refractivity contribution >= 4 is 11.8 Å². The van der Waals surface area contributed by atoms with E-state index in [1.165, 1.54) is 0 Å². The smallest absolute Gasteiger partial charge is 0.313 e. The molecule has 1 unspecified atom stereocenters. The predicted molar refractivity (Wildman–Crippen MR) is 61.0 cm³/mol. The summed E-state index contributed by atoms with van der Waals surface area (Å²) in [5.41, 5.74) is -0.359. The number of likely N-dealkylation sites (N-methyl/N-ethyl adjacent to an activating group) is 1. The molecule has 1 N–H and O–H groups in total. The number of hydrogen-bond acceptors (Lipinski definition) is 3. The third-order valence-corrected chi connectivity index (χ3v) is 2.63. The first kappa shape index (κ1) is 10.8. The summed E-state index contributed by atoms with van der Waals surface area (Å²) in [6.45, 7) is 1.91. The van der Waals surface area contributed by atoms with Crippen LogP contribution in [0.25, 0.3) is 0 Å². The Kier molecular flexibility index (Phi) is 2.75. The van der Waals surface area contributed by atoms with Crippen LogP contribution in [-0.2, 0) is 15.3 Å². The predicted octanol–water partition coefficient (Wildman–Crippen LogP) is 1.42. The van der Waals surface area contributed by atoms with Crippen molar-refractivity contribution in [3.05, 3.63) is 35.9 Å². The van der Waals surface area contributed by atoms with Crippen LogP contribution in [0.2, 0.25) is 0 Å². The number of ether oxygens (including phenoxy) is 1. The van der Waals surface area contributed by atoms with Crippen LogP contribution in [0.15, 0.2) is 35.3 Å². The molecular formula is C12H14N2O2. The lowest BCUT2D eigenvalue weighted by atomic mass is 10.0. The number of rotatable bonds is 3. The number of amides is 1. The first-order valence-corrected chi connectivity index (χ1v) is 5.28. The largest absolute Gasteiger partial charge is 0.446 e. The number of nitrogens with zero attached hydrogens (tertiary/aromatic N) is 1. The molecule has 0 spiro atoms. The van der Waals surface area contributed by atoms with E-state index < -0.39 is 5.72 Å². The fourth-order valence-corrected chi connectivity index (χ4v) is 1.74. The molecule has 2 rings (SSSR count). The normalized spacial score (nSPS) is 24.1. The van der Waals surface area contributed by atoms with Crippen molar-refractivity contribution in [1.29, 1.82) is 0 Å². The van der Waals surface area contributed by atoms with Crippen LogP contribution in [0.5, 0.6) is 0 Å². The van der Waals surface area contributed by atoms with E-state index in [4.69, 9.17) is 4.74 Å². The second-order valence-corrected chi connectivity index (χ2v) is 3.56. The van der Waals surface area contributed by atoms with Crippen molar-refractivity contribution in [2.75, 3.05) is 7.05 Å². The van der Waals surface area contributed by atoms with Crippen LogP contribution in [0.3, 0.4) is 0 Å². The number of carbonyl (C=O) groups is 1. The average Bonchev–Trinajstić information content (AvgIpc) is 2.68. The van der Waals surface area contributed by atoms with Crippen molar-refractivity contribution in [2.24, 2.45) is 4.99 Å². The third-order valence-electron chi connectivity index (χ3n) is 2.63. The Morgan fingerprint density at radius 2 is 2.06 bits per heavy atom. The average molecular weight is 218 g/mol. The lowest BCUT2D eigenvalue weighted by Crippen LogP contribution is -2.46. The molecule has 0 saturated heterocycles. The zero-order chi connectivity index (χ0) is 11.6. The first-order chi connectivity index (χ1) is 7.73. The van der Waals surface area contributed by atoms with Crippen molar-refractivity contribution in [3.8, 4) is 0 Å². The van der Waals surface area contributed by atoms with Crippen LogP contribution >= 0.6 is 0 Å². The standard InChI is InChI=1S/C12H14N2O2/c1-3-10-14-11(15)12(13-2,16-10)9-7-5-4-6-8-9/h4-8,13H,3H2,1-2H3. The van der Waals surface area contributed by atoms with Crippen LogP contribution < -0.4 is 5.32 Å². The molecule has 1 amide bonds. The minimum Gasteiger partial charge on any atom is -0.446 e. The van der Waals surface area contributed by atoms with Crippen molar-refractivity contribution < 1.29 is 9.53 Å². The van der Waals surface area contributed by atoms with E-state index in [2.05, 4.69) is 10.3 Å². The topological polar surface area (TPSA) is 50.7 Å². The van der Waals surface area contributed by atoms with Gasteiger partial charge >= 0.3 is 5.91 Å². The van der Waals surface area contributed by atoms with Gasteiger partial charge < -0.3 is 4.74 Å². The van der Waals surface area contributed by atoms with E-state index in [0.29, 0.717) is 12.3 Å². The lowest BCUT2D eigenvalue weighted by Gasteiger charge is -2.26. The molecular weight excluding hydrogens is 204 g/mol. The molecule has 0 aliphatic carbocycles. The van der Waals surface area contributed by atoms with Crippen molar-refractivity contribution in [1.82, 2.24) is 5.32 Å². The molecule has 1 aliphatic rings. The summed E-state index contributed by atoms with van der Waals surface area (Å²) >= 11 is 0. The van der Waals surface area contributed by atoms with Crippen molar-refractivity contribution in [3.63, 3.8) is 0 Å². The number of aliphatic imine (C=N–C) groups is 1. The van der Waals surface area contributed by atoms with E-state index >= 15 is 0 Å². The lowest BCUT2D eigenvalue weighted by molar-refractivity contribution is -0.134. The highest BCUT2D eigenvalue weighted by atomic mass is 16.5. The summed E-state index contributed by atoms with van der Waals surface area (Å²) in [7, 11) is 1.69. The maximum atomic E-state index is 11.9. The van der Waals surface area contributed by atoms with Crippen LogP contribution in [-0.4, -0.2) is 18.9 Å². The van der Waals surface area contributed by atoms with Gasteiger partial charge in [0.05, 0.1) is 0 Å². The summed E-state index contributed by atoms with van der Waals surface area (Å²) in [6, 6.07) is 9.34. The van der Waals surface area contributed by atoms with Gasteiger partial charge in [-0.3, -0.25) is 10.1 Å². The number of hydrogen-bond donors (Lipinski definition) is 1. The van der Waals surface area contributed by atoms with Crippen LogP contribution in [0.1, 0.15) is 18.9 Å². The molecule has 0 saturated carbocycles. The van der Waals surface area contributed by atoms with E-state index in [1.54, 1.807) is 7.05 Å².